The molecule has 1 aromatic heterocycles. The van der Waals surface area contributed by atoms with E-state index >= 15 is 0 Å². The monoisotopic (exact) mass is 280 g/mol. The summed E-state index contributed by atoms with van der Waals surface area (Å²) in [5.41, 5.74) is 7.08. The van der Waals surface area contributed by atoms with Crippen molar-refractivity contribution in [3.63, 3.8) is 0 Å². The Morgan fingerprint density at radius 1 is 1.42 bits per heavy atom. The zero-order chi connectivity index (χ0) is 14.2. The topological polar surface area (TPSA) is 72.2 Å². The summed E-state index contributed by atoms with van der Waals surface area (Å²) < 4.78 is 0. The number of hydrogen-bond acceptors (Lipinski definition) is 3. The number of fused-ring (bicyclic) bond motifs is 1. The first-order chi connectivity index (χ1) is 8.90. The molecule has 2 amide bonds. The third-order valence-electron chi connectivity index (χ3n) is 3.51. The van der Waals surface area contributed by atoms with Gasteiger partial charge in [-0.2, -0.15) is 0 Å². The minimum atomic E-state index is -0.439. The normalized spacial score (nSPS) is 18.2. The van der Waals surface area contributed by atoms with Crippen LogP contribution in [0, 0.1) is 11.8 Å². The second-order valence-corrected chi connectivity index (χ2v) is 6.67. The Hall–Kier alpha value is -1.36. The van der Waals surface area contributed by atoms with E-state index in [0.29, 0.717) is 16.5 Å². The SMILES string of the molecule is CC(C)C(=O)Nc1sc2c(c1C(N)=O)C[C@@H](C)CC2. The third kappa shape index (κ3) is 2.81. The van der Waals surface area contributed by atoms with Crippen molar-refractivity contribution in [3.8, 4) is 0 Å². The number of anilines is 1. The predicted octanol–water partition coefficient (Wildman–Crippen LogP) is 2.57. The average molecular weight is 280 g/mol. The maximum atomic E-state index is 11.8. The number of primary amides is 1. The van der Waals surface area contributed by atoms with Crippen LogP contribution in [0.1, 0.15) is 48.0 Å². The van der Waals surface area contributed by atoms with E-state index in [1.54, 1.807) is 0 Å². The van der Waals surface area contributed by atoms with Gasteiger partial charge in [0.05, 0.1) is 5.56 Å². The first kappa shape index (κ1) is 14.1. The first-order valence-corrected chi connectivity index (χ1v) is 7.47. The molecule has 0 saturated heterocycles. The van der Waals surface area contributed by atoms with Crippen molar-refractivity contribution in [1.29, 1.82) is 0 Å². The highest BCUT2D eigenvalue weighted by atomic mass is 32.1. The van der Waals surface area contributed by atoms with Crippen molar-refractivity contribution < 1.29 is 9.59 Å². The Labute approximate surface area is 117 Å². The molecule has 0 aliphatic heterocycles. The number of hydrogen-bond donors (Lipinski definition) is 2. The zero-order valence-corrected chi connectivity index (χ0v) is 12.4. The van der Waals surface area contributed by atoms with Crippen molar-refractivity contribution in [3.05, 3.63) is 16.0 Å². The smallest absolute Gasteiger partial charge is 0.251 e. The molecule has 0 spiro atoms. The largest absolute Gasteiger partial charge is 0.365 e. The highest BCUT2D eigenvalue weighted by Gasteiger charge is 2.27. The molecule has 1 aromatic rings. The minimum Gasteiger partial charge on any atom is -0.365 e. The van der Waals surface area contributed by atoms with Crippen LogP contribution < -0.4 is 11.1 Å². The maximum absolute atomic E-state index is 11.8. The molecule has 1 aliphatic carbocycles. The van der Waals surface area contributed by atoms with E-state index in [0.717, 1.165) is 24.8 Å². The van der Waals surface area contributed by atoms with Gasteiger partial charge in [0, 0.05) is 10.8 Å². The third-order valence-corrected chi connectivity index (χ3v) is 4.72. The Morgan fingerprint density at radius 3 is 2.68 bits per heavy atom. The summed E-state index contributed by atoms with van der Waals surface area (Å²) in [6, 6.07) is 0. The Kier molecular flexibility index (Phi) is 3.94. The van der Waals surface area contributed by atoms with E-state index in [2.05, 4.69) is 12.2 Å². The fourth-order valence-corrected chi connectivity index (χ4v) is 3.62. The molecule has 4 nitrogen and oxygen atoms in total. The number of aryl methyl sites for hydroxylation is 1. The van der Waals surface area contributed by atoms with Crippen LogP contribution in [0.4, 0.5) is 5.00 Å². The molecule has 1 atom stereocenters. The second kappa shape index (κ2) is 5.33. The summed E-state index contributed by atoms with van der Waals surface area (Å²) in [4.78, 5) is 24.7. The highest BCUT2D eigenvalue weighted by molar-refractivity contribution is 7.17. The van der Waals surface area contributed by atoms with Crippen LogP contribution in [0.5, 0.6) is 0 Å². The number of amides is 2. The lowest BCUT2D eigenvalue weighted by molar-refractivity contribution is -0.118. The molecule has 104 valence electrons. The summed E-state index contributed by atoms with van der Waals surface area (Å²) >= 11 is 1.51. The van der Waals surface area contributed by atoms with Gasteiger partial charge < -0.3 is 11.1 Å². The minimum absolute atomic E-state index is 0.0749. The van der Waals surface area contributed by atoms with Gasteiger partial charge in [-0.25, -0.2) is 0 Å². The number of thiophene rings is 1. The molecule has 0 fully saturated rings. The van der Waals surface area contributed by atoms with Gasteiger partial charge in [0.1, 0.15) is 5.00 Å². The molecule has 5 heteroatoms. The van der Waals surface area contributed by atoms with E-state index in [9.17, 15) is 9.59 Å². The van der Waals surface area contributed by atoms with E-state index in [-0.39, 0.29) is 11.8 Å². The number of rotatable bonds is 3. The molecule has 0 unspecified atom stereocenters. The molecular formula is C14H20N2O2S. The summed E-state index contributed by atoms with van der Waals surface area (Å²) in [6.45, 7) is 5.83. The van der Waals surface area contributed by atoms with E-state index < -0.39 is 5.91 Å². The first-order valence-electron chi connectivity index (χ1n) is 6.65. The Bertz CT molecular complexity index is 520. The molecule has 0 radical (unpaired) electrons. The molecule has 0 aromatic carbocycles. The lowest BCUT2D eigenvalue weighted by Crippen LogP contribution is -2.21. The number of nitrogens with two attached hydrogens (primary N) is 1. The van der Waals surface area contributed by atoms with Crippen molar-refractivity contribution in [1.82, 2.24) is 0 Å². The molecular weight excluding hydrogens is 260 g/mol. The van der Waals surface area contributed by atoms with Gasteiger partial charge in [-0.1, -0.05) is 20.8 Å². The van der Waals surface area contributed by atoms with E-state index in [4.69, 9.17) is 5.73 Å². The van der Waals surface area contributed by atoms with Crippen molar-refractivity contribution in [2.75, 3.05) is 5.32 Å². The molecule has 2 rings (SSSR count). The van der Waals surface area contributed by atoms with Crippen LogP contribution in [0.15, 0.2) is 0 Å². The van der Waals surface area contributed by atoms with Gasteiger partial charge >= 0.3 is 0 Å². The Morgan fingerprint density at radius 2 is 2.11 bits per heavy atom. The van der Waals surface area contributed by atoms with E-state index in [1.165, 1.54) is 16.2 Å². The number of nitrogens with one attached hydrogen (secondary N) is 1. The van der Waals surface area contributed by atoms with Crippen molar-refractivity contribution in [2.45, 2.75) is 40.0 Å². The van der Waals surface area contributed by atoms with Crippen LogP contribution >= 0.6 is 11.3 Å². The number of carbonyl (C=O) groups is 2. The fraction of sp³-hybridized carbons (Fsp3) is 0.571. The van der Waals surface area contributed by atoms with Crippen molar-refractivity contribution in [2.24, 2.45) is 17.6 Å². The summed E-state index contributed by atoms with van der Waals surface area (Å²) in [7, 11) is 0. The standard InChI is InChI=1S/C14H20N2O2S/c1-7(2)13(18)16-14-11(12(15)17)9-6-8(3)4-5-10(9)19-14/h7-8H,4-6H2,1-3H3,(H2,15,17)(H,16,18)/t8-/m0/s1. The molecule has 3 N–H and O–H groups in total. The van der Waals surface area contributed by atoms with Crippen LogP contribution in [0.3, 0.4) is 0 Å². The summed E-state index contributed by atoms with van der Waals surface area (Å²) in [6.07, 6.45) is 2.98. The van der Waals surface area contributed by atoms with Crippen LogP contribution in [-0.4, -0.2) is 11.8 Å². The fourth-order valence-electron chi connectivity index (χ4n) is 2.36. The molecule has 1 heterocycles. The Balaban J connectivity index is 2.39. The van der Waals surface area contributed by atoms with Crippen LogP contribution in [0.2, 0.25) is 0 Å². The van der Waals surface area contributed by atoms with Gasteiger partial charge in [-0.05, 0) is 30.7 Å². The maximum Gasteiger partial charge on any atom is 0.251 e. The van der Waals surface area contributed by atoms with Crippen LogP contribution in [0.25, 0.3) is 0 Å². The molecule has 0 bridgehead atoms. The summed E-state index contributed by atoms with van der Waals surface area (Å²) in [5, 5.41) is 3.47. The van der Waals surface area contributed by atoms with Gasteiger partial charge in [0.25, 0.3) is 5.91 Å². The lowest BCUT2D eigenvalue weighted by atomic mass is 9.87. The molecule has 0 saturated carbocycles. The number of carbonyl (C=O) groups excluding carboxylic acids is 2. The zero-order valence-electron chi connectivity index (χ0n) is 11.6. The highest BCUT2D eigenvalue weighted by Crippen LogP contribution is 2.39. The van der Waals surface area contributed by atoms with Crippen molar-refractivity contribution >= 4 is 28.2 Å². The second-order valence-electron chi connectivity index (χ2n) is 5.56. The lowest BCUT2D eigenvalue weighted by Gasteiger charge is -2.18. The van der Waals surface area contributed by atoms with Gasteiger partial charge in [-0.15, -0.1) is 11.3 Å². The van der Waals surface area contributed by atoms with Crippen LogP contribution in [-0.2, 0) is 17.6 Å². The summed E-state index contributed by atoms with van der Waals surface area (Å²) in [5.74, 6) is -0.0626. The van der Waals surface area contributed by atoms with E-state index in [1.807, 2.05) is 13.8 Å². The van der Waals surface area contributed by atoms with Gasteiger partial charge in [-0.3, -0.25) is 9.59 Å². The van der Waals surface area contributed by atoms with Gasteiger partial charge in [0.15, 0.2) is 0 Å². The predicted molar refractivity (Wildman–Crippen MR) is 77.5 cm³/mol. The quantitative estimate of drug-likeness (QED) is 0.893. The molecule has 19 heavy (non-hydrogen) atoms. The molecule has 1 aliphatic rings. The van der Waals surface area contributed by atoms with Gasteiger partial charge in [0.2, 0.25) is 5.91 Å². The average Bonchev–Trinajstić information content (AvgIpc) is 2.65.